The number of aromatic nitrogens is 2. The van der Waals surface area contributed by atoms with Gasteiger partial charge in [-0.15, -0.1) is 11.3 Å². The van der Waals surface area contributed by atoms with Crippen molar-refractivity contribution >= 4 is 16.3 Å². The van der Waals surface area contributed by atoms with E-state index in [2.05, 4.69) is 21.3 Å². The first-order valence-corrected chi connectivity index (χ1v) is 9.02. The van der Waals surface area contributed by atoms with Crippen molar-refractivity contribution in [1.82, 2.24) is 14.7 Å². The fraction of sp³-hybridized carbons (Fsp3) is 0.688. The van der Waals surface area contributed by atoms with E-state index in [0.29, 0.717) is 11.8 Å². The predicted octanol–water partition coefficient (Wildman–Crippen LogP) is 2.91. The highest BCUT2D eigenvalue weighted by atomic mass is 32.1. The van der Waals surface area contributed by atoms with E-state index in [0.717, 1.165) is 30.9 Å². The number of aliphatic hydroxyl groups excluding tert-OH is 1. The first-order valence-electron chi connectivity index (χ1n) is 8.14. The normalized spacial score (nSPS) is 26.5. The van der Waals surface area contributed by atoms with Crippen LogP contribution in [-0.2, 0) is 6.54 Å². The van der Waals surface area contributed by atoms with Crippen LogP contribution < -0.4 is 5.32 Å². The summed E-state index contributed by atoms with van der Waals surface area (Å²) in [6.07, 6.45) is 9.02. The largest absolute Gasteiger partial charge is 0.393 e. The van der Waals surface area contributed by atoms with Gasteiger partial charge in [-0.3, -0.25) is 4.40 Å². The summed E-state index contributed by atoms with van der Waals surface area (Å²) in [5.41, 5.74) is 2.67. The lowest BCUT2D eigenvalue weighted by Gasteiger charge is -2.26. The minimum atomic E-state index is -0.0777. The van der Waals surface area contributed by atoms with Crippen LogP contribution in [0, 0.1) is 5.92 Å². The predicted molar refractivity (Wildman–Crippen MR) is 84.7 cm³/mol. The van der Waals surface area contributed by atoms with Gasteiger partial charge in [-0.25, -0.2) is 4.98 Å². The molecule has 2 aromatic heterocycles. The minimum Gasteiger partial charge on any atom is -0.393 e. The maximum atomic E-state index is 9.76. The van der Waals surface area contributed by atoms with Gasteiger partial charge < -0.3 is 10.4 Å². The molecule has 5 heteroatoms. The highest BCUT2D eigenvalue weighted by Gasteiger charge is 2.30. The Labute approximate surface area is 129 Å². The number of nitrogens with zero attached hydrogens (tertiary/aromatic N) is 2. The van der Waals surface area contributed by atoms with Gasteiger partial charge in [-0.2, -0.15) is 0 Å². The van der Waals surface area contributed by atoms with Crippen LogP contribution in [0.2, 0.25) is 0 Å². The Kier molecular flexibility index (Phi) is 3.73. The molecule has 2 atom stereocenters. The number of thiazole rings is 1. The number of aliphatic hydroxyl groups is 1. The van der Waals surface area contributed by atoms with Gasteiger partial charge in [-0.1, -0.05) is 6.42 Å². The summed E-state index contributed by atoms with van der Waals surface area (Å²) in [4.78, 5) is 5.94. The van der Waals surface area contributed by atoms with Crippen LogP contribution in [0.5, 0.6) is 0 Å². The Morgan fingerprint density at radius 2 is 2.24 bits per heavy atom. The SMILES string of the molecule is OC1CCCC(CNCc2c(C3CC3)nc3sccn23)C1. The molecular weight excluding hydrogens is 282 g/mol. The van der Waals surface area contributed by atoms with E-state index in [1.54, 1.807) is 11.3 Å². The molecule has 0 aliphatic heterocycles. The fourth-order valence-electron chi connectivity index (χ4n) is 3.55. The molecule has 21 heavy (non-hydrogen) atoms. The summed E-state index contributed by atoms with van der Waals surface area (Å²) in [6, 6.07) is 0. The van der Waals surface area contributed by atoms with Crippen LogP contribution in [0.15, 0.2) is 11.6 Å². The Balaban J connectivity index is 1.42. The summed E-state index contributed by atoms with van der Waals surface area (Å²) < 4.78 is 2.25. The second-order valence-corrected chi connectivity index (χ2v) is 7.46. The van der Waals surface area contributed by atoms with Gasteiger partial charge >= 0.3 is 0 Å². The molecule has 2 N–H and O–H groups in total. The van der Waals surface area contributed by atoms with Crippen LogP contribution in [-0.4, -0.2) is 27.1 Å². The van der Waals surface area contributed by atoms with Crippen LogP contribution in [0.4, 0.5) is 0 Å². The highest BCUT2D eigenvalue weighted by Crippen LogP contribution is 2.41. The van der Waals surface area contributed by atoms with E-state index < -0.39 is 0 Å². The van der Waals surface area contributed by atoms with Crippen molar-refractivity contribution in [2.24, 2.45) is 5.92 Å². The minimum absolute atomic E-state index is 0.0777. The summed E-state index contributed by atoms with van der Waals surface area (Å²) in [5.74, 6) is 1.33. The molecule has 4 nitrogen and oxygen atoms in total. The average Bonchev–Trinajstić information content (AvgIpc) is 3.11. The number of hydrogen-bond donors (Lipinski definition) is 2. The van der Waals surface area contributed by atoms with Gasteiger partial charge in [-0.05, 0) is 44.6 Å². The molecule has 2 saturated carbocycles. The van der Waals surface area contributed by atoms with E-state index in [9.17, 15) is 5.11 Å². The molecule has 0 bridgehead atoms. The van der Waals surface area contributed by atoms with Crippen molar-refractivity contribution in [3.63, 3.8) is 0 Å². The Morgan fingerprint density at radius 1 is 1.33 bits per heavy atom. The fourth-order valence-corrected chi connectivity index (χ4v) is 4.29. The van der Waals surface area contributed by atoms with Crippen LogP contribution in [0.3, 0.4) is 0 Å². The van der Waals surface area contributed by atoms with Crippen LogP contribution in [0.25, 0.3) is 4.96 Å². The van der Waals surface area contributed by atoms with Gasteiger partial charge in [0.05, 0.1) is 17.5 Å². The van der Waals surface area contributed by atoms with Crippen molar-refractivity contribution in [3.8, 4) is 0 Å². The maximum Gasteiger partial charge on any atom is 0.194 e. The van der Waals surface area contributed by atoms with E-state index in [1.165, 1.54) is 37.1 Å². The molecule has 2 aromatic rings. The molecule has 0 amide bonds. The molecule has 4 rings (SSSR count). The molecule has 114 valence electrons. The van der Waals surface area contributed by atoms with Crippen molar-refractivity contribution in [3.05, 3.63) is 23.0 Å². The Morgan fingerprint density at radius 3 is 3.05 bits per heavy atom. The highest BCUT2D eigenvalue weighted by molar-refractivity contribution is 7.15. The maximum absolute atomic E-state index is 9.76. The molecule has 2 aliphatic carbocycles. The van der Waals surface area contributed by atoms with Gasteiger partial charge in [0.2, 0.25) is 0 Å². The third-order valence-corrected chi connectivity index (χ3v) is 5.59. The van der Waals surface area contributed by atoms with Crippen molar-refractivity contribution in [1.29, 1.82) is 0 Å². The lowest BCUT2D eigenvalue weighted by atomic mass is 9.87. The molecule has 0 spiro atoms. The lowest BCUT2D eigenvalue weighted by molar-refractivity contribution is 0.100. The number of fused-ring (bicyclic) bond motifs is 1. The number of rotatable bonds is 5. The Hall–Kier alpha value is -0.910. The average molecular weight is 305 g/mol. The second kappa shape index (κ2) is 5.71. The molecule has 2 fully saturated rings. The van der Waals surface area contributed by atoms with Crippen molar-refractivity contribution in [2.75, 3.05) is 6.54 Å². The standard InChI is InChI=1S/C16H23N3OS/c20-13-3-1-2-11(8-13)9-17-10-14-15(12-4-5-12)18-16-19(14)6-7-21-16/h6-7,11-13,17,20H,1-5,8-10H2. The van der Waals surface area contributed by atoms with Gasteiger partial charge in [0, 0.05) is 24.0 Å². The molecule has 2 aliphatic rings. The summed E-state index contributed by atoms with van der Waals surface area (Å²) >= 11 is 1.72. The van der Waals surface area contributed by atoms with Crippen molar-refractivity contribution < 1.29 is 5.11 Å². The van der Waals surface area contributed by atoms with Gasteiger partial charge in [0.15, 0.2) is 4.96 Å². The number of nitrogens with one attached hydrogen (secondary N) is 1. The molecular formula is C16H23N3OS. The third kappa shape index (κ3) is 2.87. The van der Waals surface area contributed by atoms with Crippen molar-refractivity contribution in [2.45, 2.75) is 57.1 Å². The number of hydrogen-bond acceptors (Lipinski definition) is 4. The van der Waals surface area contributed by atoms with Gasteiger partial charge in [0.25, 0.3) is 0 Å². The van der Waals surface area contributed by atoms with E-state index in [-0.39, 0.29) is 6.10 Å². The topological polar surface area (TPSA) is 49.6 Å². The van der Waals surface area contributed by atoms with Crippen LogP contribution >= 0.6 is 11.3 Å². The smallest absolute Gasteiger partial charge is 0.194 e. The third-order valence-electron chi connectivity index (χ3n) is 4.84. The molecule has 2 heterocycles. The first kappa shape index (κ1) is 13.7. The zero-order valence-corrected chi connectivity index (χ0v) is 13.1. The summed E-state index contributed by atoms with van der Waals surface area (Å²) in [5, 5.41) is 15.5. The van der Waals surface area contributed by atoms with E-state index in [1.807, 2.05) is 0 Å². The molecule has 2 unspecified atom stereocenters. The van der Waals surface area contributed by atoms with Crippen LogP contribution in [0.1, 0.15) is 55.8 Å². The lowest BCUT2D eigenvalue weighted by Crippen LogP contribution is -2.29. The van der Waals surface area contributed by atoms with E-state index >= 15 is 0 Å². The number of imidazole rings is 1. The zero-order chi connectivity index (χ0) is 14.2. The van der Waals surface area contributed by atoms with E-state index in [4.69, 9.17) is 4.98 Å². The molecule has 0 aromatic carbocycles. The Bertz CT molecular complexity index is 616. The summed E-state index contributed by atoms with van der Waals surface area (Å²) in [7, 11) is 0. The monoisotopic (exact) mass is 305 g/mol. The molecule has 0 radical (unpaired) electrons. The molecule has 0 saturated heterocycles. The summed E-state index contributed by atoms with van der Waals surface area (Å²) in [6.45, 7) is 1.91. The van der Waals surface area contributed by atoms with Gasteiger partial charge in [0.1, 0.15) is 0 Å². The second-order valence-electron chi connectivity index (χ2n) is 6.59. The zero-order valence-electron chi connectivity index (χ0n) is 12.3. The first-order chi connectivity index (χ1) is 10.3. The quantitative estimate of drug-likeness (QED) is 0.893.